The van der Waals surface area contributed by atoms with E-state index in [4.69, 9.17) is 23.2 Å². The molecular formula is C10H7Cl2N5O3. The van der Waals surface area contributed by atoms with Gasteiger partial charge in [0.15, 0.2) is 16.0 Å². The summed E-state index contributed by atoms with van der Waals surface area (Å²) >= 11 is 11.6. The Morgan fingerprint density at radius 2 is 1.95 bits per heavy atom. The fraction of sp³-hybridized carbons (Fsp3) is 0.100. The topological polar surface area (TPSA) is 103 Å². The van der Waals surface area contributed by atoms with Crippen LogP contribution in [0.3, 0.4) is 0 Å². The van der Waals surface area contributed by atoms with Gasteiger partial charge in [-0.25, -0.2) is 14.5 Å². The number of carbonyl (C=O) groups is 1. The second-order valence-electron chi connectivity index (χ2n) is 3.68. The summed E-state index contributed by atoms with van der Waals surface area (Å²) in [6.07, 6.45) is 1.15. The molecule has 2 heterocycles. The van der Waals surface area contributed by atoms with Gasteiger partial charge in [-0.3, -0.25) is 4.79 Å². The van der Waals surface area contributed by atoms with Crippen LogP contribution in [0.5, 0.6) is 0 Å². The molecule has 2 aromatic heterocycles. The van der Waals surface area contributed by atoms with Crippen molar-refractivity contribution in [3.8, 4) is 0 Å². The van der Waals surface area contributed by atoms with Crippen LogP contribution in [0.15, 0.2) is 18.5 Å². The number of nitro groups is 1. The molecule has 8 nitrogen and oxygen atoms in total. The average molecular weight is 316 g/mol. The molecule has 0 spiro atoms. The largest absolute Gasteiger partial charge is 0.358 e. The van der Waals surface area contributed by atoms with Crippen LogP contribution >= 0.6 is 23.2 Å². The summed E-state index contributed by atoms with van der Waals surface area (Å²) in [4.78, 5) is 29.5. The second kappa shape index (κ2) is 5.43. The third kappa shape index (κ3) is 2.56. The minimum absolute atomic E-state index is 0.0259. The molecule has 1 amide bonds. The van der Waals surface area contributed by atoms with Gasteiger partial charge in [-0.1, -0.05) is 23.2 Å². The number of nitrogens with zero attached hydrogens (tertiary/aromatic N) is 4. The van der Waals surface area contributed by atoms with Crippen LogP contribution in [0, 0.1) is 10.1 Å². The van der Waals surface area contributed by atoms with Gasteiger partial charge in [0.1, 0.15) is 12.0 Å². The van der Waals surface area contributed by atoms with E-state index < -0.39 is 10.8 Å². The number of halogens is 2. The predicted octanol–water partition coefficient (Wildman–Crippen LogP) is 2.28. The van der Waals surface area contributed by atoms with Gasteiger partial charge in [0.25, 0.3) is 5.91 Å². The smallest absolute Gasteiger partial charge is 0.323 e. The molecule has 0 bridgehead atoms. The molecule has 0 aliphatic heterocycles. The van der Waals surface area contributed by atoms with Crippen LogP contribution in [0.25, 0.3) is 0 Å². The van der Waals surface area contributed by atoms with Crippen LogP contribution in [0.4, 0.5) is 11.5 Å². The van der Waals surface area contributed by atoms with E-state index in [1.54, 1.807) is 0 Å². The Bertz CT molecular complexity index is 680. The zero-order valence-electron chi connectivity index (χ0n) is 10.0. The van der Waals surface area contributed by atoms with Gasteiger partial charge in [0, 0.05) is 6.07 Å². The summed E-state index contributed by atoms with van der Waals surface area (Å²) < 4.78 is 1.14. The molecule has 0 radical (unpaired) electrons. The van der Waals surface area contributed by atoms with Crippen molar-refractivity contribution in [1.29, 1.82) is 0 Å². The van der Waals surface area contributed by atoms with Crippen molar-refractivity contribution in [3.63, 3.8) is 0 Å². The molecule has 0 aliphatic carbocycles. The fourth-order valence-corrected chi connectivity index (χ4v) is 1.95. The van der Waals surface area contributed by atoms with E-state index >= 15 is 0 Å². The lowest BCUT2D eigenvalue weighted by Gasteiger charge is -2.06. The predicted molar refractivity (Wildman–Crippen MR) is 72.1 cm³/mol. The first-order chi connectivity index (χ1) is 9.41. The van der Waals surface area contributed by atoms with Gasteiger partial charge in [-0.2, -0.15) is 0 Å². The van der Waals surface area contributed by atoms with Gasteiger partial charge in [-0.05, 0) is 11.0 Å². The Morgan fingerprint density at radius 1 is 1.35 bits per heavy atom. The number of nitrogens with one attached hydrogen (secondary N) is 1. The molecular weight excluding hydrogens is 309 g/mol. The highest BCUT2D eigenvalue weighted by molar-refractivity contribution is 6.38. The number of hydrogen-bond donors (Lipinski definition) is 1. The van der Waals surface area contributed by atoms with E-state index in [1.165, 1.54) is 19.2 Å². The van der Waals surface area contributed by atoms with Crippen LogP contribution in [0.1, 0.15) is 10.5 Å². The maximum absolute atomic E-state index is 12.0. The third-order valence-electron chi connectivity index (χ3n) is 2.51. The van der Waals surface area contributed by atoms with Crippen molar-refractivity contribution in [1.82, 2.24) is 14.5 Å². The molecule has 0 unspecified atom stereocenters. The van der Waals surface area contributed by atoms with Crippen LogP contribution < -0.4 is 5.32 Å². The minimum Gasteiger partial charge on any atom is -0.358 e. The maximum atomic E-state index is 12.0. The highest BCUT2D eigenvalue weighted by Crippen LogP contribution is 2.26. The van der Waals surface area contributed by atoms with Gasteiger partial charge in [0.05, 0.1) is 7.05 Å². The summed E-state index contributed by atoms with van der Waals surface area (Å²) in [5.41, 5.74) is 0.123. The highest BCUT2D eigenvalue weighted by Gasteiger charge is 2.22. The van der Waals surface area contributed by atoms with Gasteiger partial charge >= 0.3 is 5.82 Å². The molecule has 0 aliphatic rings. The summed E-state index contributed by atoms with van der Waals surface area (Å²) in [6.45, 7) is 0. The van der Waals surface area contributed by atoms with E-state index in [-0.39, 0.29) is 27.5 Å². The lowest BCUT2D eigenvalue weighted by molar-refractivity contribution is -0.391. The molecule has 10 heteroatoms. The van der Waals surface area contributed by atoms with E-state index in [2.05, 4.69) is 15.3 Å². The Balaban J connectivity index is 2.32. The van der Waals surface area contributed by atoms with Gasteiger partial charge < -0.3 is 15.4 Å². The van der Waals surface area contributed by atoms with Crippen molar-refractivity contribution in [3.05, 3.63) is 44.6 Å². The van der Waals surface area contributed by atoms with E-state index in [0.29, 0.717) is 0 Å². The third-order valence-corrected chi connectivity index (χ3v) is 3.08. The first-order valence-corrected chi connectivity index (χ1v) is 5.95. The SMILES string of the molecule is Cn1c(C(=O)Nc2c(Cl)ncnc2Cl)ccc1[N+](=O)[O-]. The number of rotatable bonds is 3. The highest BCUT2D eigenvalue weighted by atomic mass is 35.5. The average Bonchev–Trinajstić information content (AvgIpc) is 2.76. The van der Waals surface area contributed by atoms with Crippen molar-refractivity contribution in [2.24, 2.45) is 7.05 Å². The molecule has 0 atom stereocenters. The number of anilines is 1. The molecule has 2 rings (SSSR count). The summed E-state index contributed by atoms with van der Waals surface area (Å²) in [7, 11) is 1.40. The Morgan fingerprint density at radius 3 is 2.45 bits per heavy atom. The lowest BCUT2D eigenvalue weighted by Crippen LogP contribution is -2.17. The molecule has 104 valence electrons. The minimum atomic E-state index is -0.612. The Hall–Kier alpha value is -2.19. The van der Waals surface area contributed by atoms with Crippen LogP contribution in [-0.4, -0.2) is 25.4 Å². The molecule has 0 aromatic carbocycles. The fourth-order valence-electron chi connectivity index (χ4n) is 1.54. The molecule has 20 heavy (non-hydrogen) atoms. The number of amides is 1. The van der Waals surface area contributed by atoms with Gasteiger partial charge in [0.2, 0.25) is 0 Å². The second-order valence-corrected chi connectivity index (χ2v) is 4.39. The number of carbonyl (C=O) groups excluding carboxylic acids is 1. The monoisotopic (exact) mass is 315 g/mol. The van der Waals surface area contributed by atoms with Crippen molar-refractivity contribution >= 4 is 40.6 Å². The number of aromatic nitrogens is 3. The Labute approximate surface area is 122 Å². The zero-order valence-corrected chi connectivity index (χ0v) is 11.5. The van der Waals surface area contributed by atoms with E-state index in [1.807, 2.05) is 0 Å². The van der Waals surface area contributed by atoms with E-state index in [9.17, 15) is 14.9 Å². The summed E-state index contributed by atoms with van der Waals surface area (Å²) in [6, 6.07) is 2.54. The standard InChI is InChI=1S/C10H7Cl2N5O3/c1-16-5(2-3-6(16)17(19)20)10(18)15-7-8(11)13-4-14-9(7)12/h2-4H,1H3,(H,15,18). The van der Waals surface area contributed by atoms with Crippen LogP contribution in [-0.2, 0) is 7.05 Å². The Kier molecular flexibility index (Phi) is 3.86. The summed E-state index contributed by atoms with van der Waals surface area (Å²) in [5, 5.41) is 13.1. The summed E-state index contributed by atoms with van der Waals surface area (Å²) in [5.74, 6) is -0.823. The molecule has 2 aromatic rings. The quantitative estimate of drug-likeness (QED) is 0.531. The van der Waals surface area contributed by atoms with Crippen molar-refractivity contribution < 1.29 is 9.72 Å². The first-order valence-electron chi connectivity index (χ1n) is 5.19. The van der Waals surface area contributed by atoms with Crippen LogP contribution in [0.2, 0.25) is 10.3 Å². The molecule has 0 saturated heterocycles. The lowest BCUT2D eigenvalue weighted by atomic mass is 10.4. The van der Waals surface area contributed by atoms with Crippen molar-refractivity contribution in [2.45, 2.75) is 0 Å². The molecule has 1 N–H and O–H groups in total. The number of hydrogen-bond acceptors (Lipinski definition) is 5. The zero-order chi connectivity index (χ0) is 14.9. The van der Waals surface area contributed by atoms with Gasteiger partial charge in [-0.15, -0.1) is 0 Å². The first kappa shape index (κ1) is 14.2. The normalized spacial score (nSPS) is 10.3. The maximum Gasteiger partial charge on any atom is 0.323 e. The molecule has 0 fully saturated rings. The van der Waals surface area contributed by atoms with E-state index in [0.717, 1.165) is 10.9 Å². The van der Waals surface area contributed by atoms with Crippen molar-refractivity contribution in [2.75, 3.05) is 5.32 Å². The molecule has 0 saturated carbocycles.